The Hall–Kier alpha value is -0.220. The van der Waals surface area contributed by atoms with Crippen molar-refractivity contribution in [3.63, 3.8) is 0 Å². The van der Waals surface area contributed by atoms with Gasteiger partial charge >= 0.3 is 5.97 Å². The van der Waals surface area contributed by atoms with Crippen LogP contribution in [0.2, 0.25) is 0 Å². The number of carbonyl (C=O) groups excluding carboxylic acids is 1. The molecule has 0 aromatic heterocycles. The van der Waals surface area contributed by atoms with Crippen LogP contribution < -0.4 is 5.32 Å². The van der Waals surface area contributed by atoms with Crippen LogP contribution in [0, 0.1) is 0 Å². The van der Waals surface area contributed by atoms with Crippen LogP contribution in [0.4, 0.5) is 0 Å². The lowest BCUT2D eigenvalue weighted by molar-refractivity contribution is -0.153. The van der Waals surface area contributed by atoms with E-state index in [9.17, 15) is 4.79 Å². The van der Waals surface area contributed by atoms with Gasteiger partial charge in [0.25, 0.3) is 0 Å². The van der Waals surface area contributed by atoms with Crippen molar-refractivity contribution in [1.82, 2.24) is 5.32 Å². The molecule has 0 radical (unpaired) electrons. The van der Waals surface area contributed by atoms with Crippen molar-refractivity contribution >= 4 is 17.7 Å². The van der Waals surface area contributed by atoms with E-state index >= 15 is 0 Å². The molecule has 3 nitrogen and oxygen atoms in total. The fourth-order valence-electron chi connectivity index (χ4n) is 0.989. The quantitative estimate of drug-likeness (QED) is 0.713. The number of ether oxygens (including phenoxy) is 1. The smallest absolute Gasteiger partial charge is 0.320 e. The molecule has 0 aromatic carbocycles. The van der Waals surface area contributed by atoms with Crippen LogP contribution in [0.1, 0.15) is 34.6 Å². The zero-order chi connectivity index (χ0) is 11.9. The highest BCUT2D eigenvalue weighted by molar-refractivity contribution is 7.99. The van der Waals surface area contributed by atoms with Gasteiger partial charge in [-0.3, -0.25) is 4.79 Å². The van der Waals surface area contributed by atoms with Crippen molar-refractivity contribution in [1.29, 1.82) is 0 Å². The third kappa shape index (κ3) is 10.1. The molecule has 0 fully saturated rings. The molecule has 0 bridgehead atoms. The van der Waals surface area contributed by atoms with Crippen molar-refractivity contribution in [2.75, 3.05) is 18.1 Å². The molecule has 0 aliphatic rings. The molecule has 0 aliphatic carbocycles. The first-order valence-corrected chi connectivity index (χ1v) is 6.53. The fraction of sp³-hybridized carbons (Fsp3) is 0.909. The highest BCUT2D eigenvalue weighted by atomic mass is 32.2. The van der Waals surface area contributed by atoms with Crippen LogP contribution in [0.25, 0.3) is 0 Å². The first-order valence-electron chi connectivity index (χ1n) is 5.38. The first kappa shape index (κ1) is 14.8. The largest absolute Gasteiger partial charge is 0.459 e. The zero-order valence-electron chi connectivity index (χ0n) is 10.4. The molecule has 0 rings (SSSR count). The summed E-state index contributed by atoms with van der Waals surface area (Å²) in [5.74, 6) is 1.95. The van der Waals surface area contributed by atoms with Gasteiger partial charge in [-0.25, -0.2) is 0 Å². The molecular formula is C11H23NO2S. The van der Waals surface area contributed by atoms with Crippen molar-refractivity contribution < 1.29 is 9.53 Å². The molecule has 1 N–H and O–H groups in total. The molecule has 0 aliphatic heterocycles. The standard InChI is InChI=1S/C11H23NO2S/c1-6-15-8-9(2)12-7-10(13)14-11(3,4)5/h9,12H,6-8H2,1-5H3. The van der Waals surface area contributed by atoms with Gasteiger partial charge in [-0.15, -0.1) is 0 Å². The summed E-state index contributed by atoms with van der Waals surface area (Å²) in [6, 6.07) is 0.350. The Kier molecular flexibility index (Phi) is 7.02. The minimum Gasteiger partial charge on any atom is -0.459 e. The zero-order valence-corrected chi connectivity index (χ0v) is 11.2. The lowest BCUT2D eigenvalue weighted by atomic mass is 10.2. The highest BCUT2D eigenvalue weighted by Crippen LogP contribution is 2.06. The Balaban J connectivity index is 3.62. The van der Waals surface area contributed by atoms with E-state index in [0.29, 0.717) is 12.6 Å². The predicted molar refractivity (Wildman–Crippen MR) is 66.3 cm³/mol. The number of esters is 1. The maximum absolute atomic E-state index is 11.3. The highest BCUT2D eigenvalue weighted by Gasteiger charge is 2.16. The molecule has 0 saturated heterocycles. The lowest BCUT2D eigenvalue weighted by Gasteiger charge is -2.20. The average Bonchev–Trinajstić information content (AvgIpc) is 2.08. The van der Waals surface area contributed by atoms with E-state index in [4.69, 9.17) is 4.74 Å². The van der Waals surface area contributed by atoms with E-state index in [1.807, 2.05) is 32.5 Å². The van der Waals surface area contributed by atoms with Crippen LogP contribution in [0.15, 0.2) is 0 Å². The van der Waals surface area contributed by atoms with E-state index in [1.54, 1.807) is 0 Å². The number of nitrogens with one attached hydrogen (secondary N) is 1. The molecule has 15 heavy (non-hydrogen) atoms. The van der Waals surface area contributed by atoms with Gasteiger partial charge in [-0.1, -0.05) is 6.92 Å². The summed E-state index contributed by atoms with van der Waals surface area (Å²) in [6.07, 6.45) is 0. The van der Waals surface area contributed by atoms with Gasteiger partial charge in [-0.2, -0.15) is 11.8 Å². The molecule has 1 unspecified atom stereocenters. The summed E-state index contributed by atoms with van der Waals surface area (Å²) in [7, 11) is 0. The first-order chi connectivity index (χ1) is 6.85. The second kappa shape index (κ2) is 7.12. The van der Waals surface area contributed by atoms with Gasteiger partial charge in [0, 0.05) is 11.8 Å². The SMILES string of the molecule is CCSCC(C)NCC(=O)OC(C)(C)C. The van der Waals surface area contributed by atoms with E-state index in [1.165, 1.54) is 0 Å². The van der Waals surface area contributed by atoms with Crippen LogP contribution in [0.5, 0.6) is 0 Å². The van der Waals surface area contributed by atoms with Gasteiger partial charge < -0.3 is 10.1 Å². The van der Waals surface area contributed by atoms with Crippen molar-refractivity contribution in [2.24, 2.45) is 0 Å². The normalized spacial score (nSPS) is 13.7. The van der Waals surface area contributed by atoms with Crippen LogP contribution in [0.3, 0.4) is 0 Å². The van der Waals surface area contributed by atoms with Gasteiger partial charge in [-0.05, 0) is 33.4 Å². The second-order valence-corrected chi connectivity index (χ2v) is 5.85. The number of carbonyl (C=O) groups is 1. The molecule has 4 heteroatoms. The van der Waals surface area contributed by atoms with Crippen molar-refractivity contribution in [3.05, 3.63) is 0 Å². The van der Waals surface area contributed by atoms with Crippen molar-refractivity contribution in [3.8, 4) is 0 Å². The lowest BCUT2D eigenvalue weighted by Crippen LogP contribution is -2.36. The third-order valence-electron chi connectivity index (χ3n) is 1.59. The van der Waals surface area contributed by atoms with E-state index < -0.39 is 0 Å². The van der Waals surface area contributed by atoms with Gasteiger partial charge in [0.1, 0.15) is 5.60 Å². The Bertz CT molecular complexity index is 190. The minimum atomic E-state index is -0.389. The van der Waals surface area contributed by atoms with E-state index in [2.05, 4.69) is 19.2 Å². The van der Waals surface area contributed by atoms with Crippen molar-refractivity contribution in [2.45, 2.75) is 46.3 Å². The van der Waals surface area contributed by atoms with Gasteiger partial charge in [0.05, 0.1) is 6.54 Å². The second-order valence-electron chi connectivity index (χ2n) is 4.53. The Morgan fingerprint density at radius 2 is 2.07 bits per heavy atom. The summed E-state index contributed by atoms with van der Waals surface area (Å²) in [6.45, 7) is 10.1. The predicted octanol–water partition coefficient (Wildman–Crippen LogP) is 2.06. The third-order valence-corrected chi connectivity index (χ3v) is 2.73. The number of hydrogen-bond donors (Lipinski definition) is 1. The van der Waals surface area contributed by atoms with Crippen LogP contribution >= 0.6 is 11.8 Å². The average molecular weight is 233 g/mol. The topological polar surface area (TPSA) is 38.3 Å². The minimum absolute atomic E-state index is 0.184. The maximum atomic E-state index is 11.3. The summed E-state index contributed by atoms with van der Waals surface area (Å²) < 4.78 is 5.18. The summed E-state index contributed by atoms with van der Waals surface area (Å²) in [5.41, 5.74) is -0.389. The fourth-order valence-corrected chi connectivity index (χ4v) is 1.70. The number of rotatable bonds is 6. The van der Waals surface area contributed by atoms with Crippen LogP contribution in [-0.2, 0) is 9.53 Å². The Labute approximate surface area is 97.3 Å². The monoisotopic (exact) mass is 233 g/mol. The molecule has 90 valence electrons. The summed E-state index contributed by atoms with van der Waals surface area (Å²) in [4.78, 5) is 11.3. The summed E-state index contributed by atoms with van der Waals surface area (Å²) >= 11 is 1.87. The molecular weight excluding hydrogens is 210 g/mol. The molecule has 1 atom stereocenters. The van der Waals surface area contributed by atoms with E-state index in [0.717, 1.165) is 11.5 Å². The Morgan fingerprint density at radius 1 is 1.47 bits per heavy atom. The molecule has 0 amide bonds. The Morgan fingerprint density at radius 3 is 2.53 bits per heavy atom. The van der Waals surface area contributed by atoms with Gasteiger partial charge in [0.2, 0.25) is 0 Å². The molecule has 0 heterocycles. The molecule has 0 saturated carbocycles. The molecule has 0 aromatic rings. The van der Waals surface area contributed by atoms with Gasteiger partial charge in [0.15, 0.2) is 0 Å². The van der Waals surface area contributed by atoms with E-state index in [-0.39, 0.29) is 11.6 Å². The number of thioether (sulfide) groups is 1. The maximum Gasteiger partial charge on any atom is 0.320 e. The van der Waals surface area contributed by atoms with Crippen LogP contribution in [-0.4, -0.2) is 35.7 Å². The summed E-state index contributed by atoms with van der Waals surface area (Å²) in [5, 5.41) is 3.14. The number of hydrogen-bond acceptors (Lipinski definition) is 4. The molecule has 0 spiro atoms.